The fraction of sp³-hybridized carbons (Fsp3) is 0.0588. The van der Waals surface area contributed by atoms with Crippen molar-refractivity contribution in [2.24, 2.45) is 0 Å². The minimum Gasteiger partial charge on any atom is -0.497 e. The van der Waals surface area contributed by atoms with Crippen LogP contribution in [-0.2, 0) is 0 Å². The summed E-state index contributed by atoms with van der Waals surface area (Å²) < 4.78 is 18.2. The van der Waals surface area contributed by atoms with E-state index in [9.17, 15) is 4.39 Å². The van der Waals surface area contributed by atoms with Crippen molar-refractivity contribution in [2.45, 2.75) is 0 Å². The van der Waals surface area contributed by atoms with Crippen LogP contribution in [0.4, 0.5) is 4.39 Å². The van der Waals surface area contributed by atoms with E-state index in [1.54, 1.807) is 25.3 Å². The van der Waals surface area contributed by atoms with Crippen LogP contribution < -0.4 is 4.74 Å². The molecule has 3 rings (SSSR count). The van der Waals surface area contributed by atoms with Gasteiger partial charge in [-0.3, -0.25) is 0 Å². The molecule has 1 heterocycles. The summed E-state index contributed by atoms with van der Waals surface area (Å²) in [6.07, 6.45) is 0. The molecule has 0 radical (unpaired) electrons. The van der Waals surface area contributed by atoms with E-state index in [1.165, 1.54) is 12.1 Å². The van der Waals surface area contributed by atoms with Gasteiger partial charge in [-0.05, 0) is 48.5 Å². The molecule has 0 N–H and O–H groups in total. The topological polar surface area (TPSA) is 35.0 Å². The molecule has 1 aromatic heterocycles. The highest BCUT2D eigenvalue weighted by Crippen LogP contribution is 2.25. The van der Waals surface area contributed by atoms with Gasteiger partial charge in [0, 0.05) is 17.2 Å². The van der Waals surface area contributed by atoms with Gasteiger partial charge in [-0.15, -0.1) is 0 Å². The maximum Gasteiger partial charge on any atom is 0.161 e. The number of hydrogen-bond acceptors (Lipinski definition) is 3. The van der Waals surface area contributed by atoms with Gasteiger partial charge in [0.15, 0.2) is 5.82 Å². The molecule has 0 saturated carbocycles. The van der Waals surface area contributed by atoms with Crippen molar-refractivity contribution in [3.05, 3.63) is 65.6 Å². The van der Waals surface area contributed by atoms with Gasteiger partial charge in [0.05, 0.1) is 12.8 Å². The summed E-state index contributed by atoms with van der Waals surface area (Å²) in [4.78, 5) is 8.70. The normalized spacial score (nSPS) is 10.5. The summed E-state index contributed by atoms with van der Waals surface area (Å²) in [5.41, 5.74) is 2.30. The highest BCUT2D eigenvalue weighted by Gasteiger charge is 2.08. The van der Waals surface area contributed by atoms with E-state index in [-0.39, 0.29) is 5.82 Å². The molecule has 2 aromatic carbocycles. The van der Waals surface area contributed by atoms with Gasteiger partial charge in [0.25, 0.3) is 0 Å². The quantitative estimate of drug-likeness (QED) is 0.662. The van der Waals surface area contributed by atoms with Crippen LogP contribution in [0.2, 0.25) is 5.15 Å². The molecule has 3 aromatic rings. The first kappa shape index (κ1) is 14.5. The fourth-order valence-electron chi connectivity index (χ4n) is 2.06. The summed E-state index contributed by atoms with van der Waals surface area (Å²) in [5, 5.41) is 0.333. The number of nitrogens with zero attached hydrogens (tertiary/aromatic N) is 2. The van der Waals surface area contributed by atoms with Crippen LogP contribution >= 0.6 is 11.6 Å². The average Bonchev–Trinajstić information content (AvgIpc) is 2.55. The Labute approximate surface area is 132 Å². The maximum absolute atomic E-state index is 13.0. The smallest absolute Gasteiger partial charge is 0.161 e. The van der Waals surface area contributed by atoms with Crippen molar-refractivity contribution in [1.29, 1.82) is 0 Å². The largest absolute Gasteiger partial charge is 0.497 e. The second-order valence-electron chi connectivity index (χ2n) is 4.63. The van der Waals surface area contributed by atoms with Crippen LogP contribution in [-0.4, -0.2) is 17.1 Å². The van der Waals surface area contributed by atoms with Crippen LogP contribution in [0.15, 0.2) is 54.6 Å². The standard InChI is InChI=1S/C17H12ClFN2O/c1-22-14-8-4-11(5-9-14)15-10-16(18)21-17(20-15)12-2-6-13(19)7-3-12/h2-10H,1H3. The van der Waals surface area contributed by atoms with Crippen molar-refractivity contribution in [2.75, 3.05) is 7.11 Å². The Morgan fingerprint density at radius 1 is 0.909 bits per heavy atom. The number of benzene rings is 2. The van der Waals surface area contributed by atoms with Crippen molar-refractivity contribution in [3.8, 4) is 28.4 Å². The first-order chi connectivity index (χ1) is 10.7. The zero-order valence-corrected chi connectivity index (χ0v) is 12.5. The van der Waals surface area contributed by atoms with E-state index in [0.29, 0.717) is 22.2 Å². The van der Waals surface area contributed by atoms with Crippen molar-refractivity contribution < 1.29 is 9.13 Å². The molecule has 0 atom stereocenters. The lowest BCUT2D eigenvalue weighted by molar-refractivity contribution is 0.415. The van der Waals surface area contributed by atoms with Crippen molar-refractivity contribution in [1.82, 2.24) is 9.97 Å². The molecule has 0 spiro atoms. The molecule has 22 heavy (non-hydrogen) atoms. The molecule has 0 fully saturated rings. The van der Waals surface area contributed by atoms with E-state index < -0.39 is 0 Å². The second-order valence-corrected chi connectivity index (χ2v) is 5.02. The molecule has 0 aliphatic rings. The van der Waals surface area contributed by atoms with Gasteiger partial charge in [-0.25, -0.2) is 14.4 Å². The summed E-state index contributed by atoms with van der Waals surface area (Å²) in [6, 6.07) is 15.2. The second kappa shape index (κ2) is 6.12. The Bertz CT molecular complexity index is 789. The SMILES string of the molecule is COc1ccc(-c2cc(Cl)nc(-c3ccc(F)cc3)n2)cc1. The van der Waals surface area contributed by atoms with E-state index in [0.717, 1.165) is 11.3 Å². The van der Waals surface area contributed by atoms with E-state index >= 15 is 0 Å². The molecule has 0 unspecified atom stereocenters. The van der Waals surface area contributed by atoms with Crippen LogP contribution in [0, 0.1) is 5.82 Å². The summed E-state index contributed by atoms with van der Waals surface area (Å²) >= 11 is 6.09. The molecule has 0 bridgehead atoms. The summed E-state index contributed by atoms with van der Waals surface area (Å²) in [5.74, 6) is 0.919. The third kappa shape index (κ3) is 3.07. The zero-order valence-electron chi connectivity index (χ0n) is 11.8. The predicted molar refractivity (Wildman–Crippen MR) is 84.4 cm³/mol. The fourth-order valence-corrected chi connectivity index (χ4v) is 2.24. The number of aromatic nitrogens is 2. The van der Waals surface area contributed by atoms with Gasteiger partial charge in [-0.1, -0.05) is 11.6 Å². The Hall–Kier alpha value is -2.46. The van der Waals surface area contributed by atoms with Crippen LogP contribution in [0.1, 0.15) is 0 Å². The minimum absolute atomic E-state index is 0.304. The van der Waals surface area contributed by atoms with Crippen LogP contribution in [0.25, 0.3) is 22.6 Å². The van der Waals surface area contributed by atoms with Gasteiger partial charge >= 0.3 is 0 Å². The number of rotatable bonds is 3. The minimum atomic E-state index is -0.304. The Morgan fingerprint density at radius 3 is 2.18 bits per heavy atom. The molecule has 0 saturated heterocycles. The molecule has 5 heteroatoms. The third-order valence-electron chi connectivity index (χ3n) is 3.18. The maximum atomic E-state index is 13.0. The Morgan fingerprint density at radius 2 is 1.55 bits per heavy atom. The Balaban J connectivity index is 2.03. The van der Waals surface area contributed by atoms with E-state index in [4.69, 9.17) is 16.3 Å². The molecular formula is C17H12ClFN2O. The van der Waals surface area contributed by atoms with E-state index in [1.807, 2.05) is 24.3 Å². The average molecular weight is 315 g/mol. The highest BCUT2D eigenvalue weighted by molar-refractivity contribution is 6.29. The number of methoxy groups -OCH3 is 1. The first-order valence-corrected chi connectivity index (χ1v) is 6.98. The van der Waals surface area contributed by atoms with Crippen molar-refractivity contribution >= 4 is 11.6 Å². The monoisotopic (exact) mass is 314 g/mol. The number of hydrogen-bond donors (Lipinski definition) is 0. The third-order valence-corrected chi connectivity index (χ3v) is 3.38. The molecule has 0 aliphatic carbocycles. The lowest BCUT2D eigenvalue weighted by atomic mass is 10.1. The van der Waals surface area contributed by atoms with Gasteiger partial charge < -0.3 is 4.74 Å². The van der Waals surface area contributed by atoms with Crippen LogP contribution in [0.5, 0.6) is 5.75 Å². The summed E-state index contributed by atoms with van der Waals surface area (Å²) in [6.45, 7) is 0. The molecule has 0 amide bonds. The zero-order chi connectivity index (χ0) is 15.5. The molecule has 110 valence electrons. The predicted octanol–water partition coefficient (Wildman–Crippen LogP) is 4.61. The lowest BCUT2D eigenvalue weighted by Gasteiger charge is -2.06. The molecular weight excluding hydrogens is 303 g/mol. The number of halogens is 2. The van der Waals surface area contributed by atoms with E-state index in [2.05, 4.69) is 9.97 Å². The Kier molecular flexibility index (Phi) is 4.02. The number of ether oxygens (including phenoxy) is 1. The van der Waals surface area contributed by atoms with Gasteiger partial charge in [-0.2, -0.15) is 0 Å². The molecule has 3 nitrogen and oxygen atoms in total. The van der Waals surface area contributed by atoms with Gasteiger partial charge in [0.2, 0.25) is 0 Å². The van der Waals surface area contributed by atoms with Crippen LogP contribution in [0.3, 0.4) is 0 Å². The highest BCUT2D eigenvalue weighted by atomic mass is 35.5. The molecule has 0 aliphatic heterocycles. The van der Waals surface area contributed by atoms with Crippen molar-refractivity contribution in [3.63, 3.8) is 0 Å². The lowest BCUT2D eigenvalue weighted by Crippen LogP contribution is -1.93. The summed E-state index contributed by atoms with van der Waals surface area (Å²) in [7, 11) is 1.61. The van der Waals surface area contributed by atoms with Gasteiger partial charge in [0.1, 0.15) is 16.7 Å². The first-order valence-electron chi connectivity index (χ1n) is 6.60.